The van der Waals surface area contributed by atoms with Crippen molar-refractivity contribution in [3.8, 4) is 0 Å². The normalized spacial score (nSPS) is 10.6. The van der Waals surface area contributed by atoms with Gasteiger partial charge in [0.15, 0.2) is 0 Å². The van der Waals surface area contributed by atoms with Crippen LogP contribution in [-0.2, 0) is 9.47 Å². The number of carbonyl (C=O) groups excluding carboxylic acids is 1. The molecule has 6 heteroatoms. The van der Waals surface area contributed by atoms with Crippen LogP contribution >= 0.6 is 27.5 Å². The lowest BCUT2D eigenvalue weighted by Crippen LogP contribution is -2.14. The lowest BCUT2D eigenvalue weighted by Gasteiger charge is -2.08. The first kappa shape index (κ1) is 14.4. The van der Waals surface area contributed by atoms with E-state index in [1.165, 1.54) is 6.20 Å². The molecule has 1 heterocycles. The van der Waals surface area contributed by atoms with Gasteiger partial charge in [0.2, 0.25) is 0 Å². The van der Waals surface area contributed by atoms with Gasteiger partial charge in [0, 0.05) is 10.7 Å². The van der Waals surface area contributed by atoms with E-state index in [-0.39, 0.29) is 23.4 Å². The lowest BCUT2D eigenvalue weighted by molar-refractivity contribution is 0.0176. The molecule has 1 rings (SSSR count). The molecule has 0 saturated heterocycles. The minimum absolute atomic E-state index is 0.116. The maximum Gasteiger partial charge on any atom is 0.341 e. The summed E-state index contributed by atoms with van der Waals surface area (Å²) in [5, 5.41) is 0.128. The number of rotatable bonds is 5. The predicted molar refractivity (Wildman–Crippen MR) is 68.3 cm³/mol. The van der Waals surface area contributed by atoms with Gasteiger partial charge < -0.3 is 9.47 Å². The van der Waals surface area contributed by atoms with E-state index in [9.17, 15) is 4.79 Å². The van der Waals surface area contributed by atoms with Gasteiger partial charge in [-0.25, -0.2) is 9.78 Å². The van der Waals surface area contributed by atoms with Crippen molar-refractivity contribution in [2.45, 2.75) is 20.0 Å². The molecule has 0 unspecified atom stereocenters. The third kappa shape index (κ3) is 5.02. The van der Waals surface area contributed by atoms with E-state index < -0.39 is 5.97 Å². The number of pyridine rings is 1. The van der Waals surface area contributed by atoms with Gasteiger partial charge in [-0.05, 0) is 35.8 Å². The molecule has 1 aromatic rings. The van der Waals surface area contributed by atoms with Crippen LogP contribution in [0.5, 0.6) is 0 Å². The summed E-state index contributed by atoms with van der Waals surface area (Å²) in [6, 6.07) is 1.57. The van der Waals surface area contributed by atoms with Crippen molar-refractivity contribution in [1.29, 1.82) is 0 Å². The minimum Gasteiger partial charge on any atom is -0.460 e. The molecule has 0 aromatic carbocycles. The molecule has 0 bridgehead atoms. The summed E-state index contributed by atoms with van der Waals surface area (Å²) in [7, 11) is 0. The second kappa shape index (κ2) is 6.93. The molecule has 94 valence electrons. The molecule has 17 heavy (non-hydrogen) atoms. The van der Waals surface area contributed by atoms with Gasteiger partial charge >= 0.3 is 5.97 Å². The second-order valence-electron chi connectivity index (χ2n) is 3.55. The number of carbonyl (C=O) groups is 1. The zero-order valence-corrected chi connectivity index (χ0v) is 11.9. The van der Waals surface area contributed by atoms with E-state index in [1.54, 1.807) is 6.07 Å². The van der Waals surface area contributed by atoms with Gasteiger partial charge in [0.05, 0.1) is 18.3 Å². The molecule has 4 nitrogen and oxygen atoms in total. The Kier molecular flexibility index (Phi) is 5.88. The Morgan fingerprint density at radius 1 is 1.53 bits per heavy atom. The fourth-order valence-corrected chi connectivity index (χ4v) is 1.57. The molecule has 0 spiro atoms. The Bertz CT molecular complexity index is 398. The van der Waals surface area contributed by atoms with Crippen LogP contribution in [0.4, 0.5) is 0 Å². The standard InChI is InChI=1S/C11H13BrClNO3/c1-7(2)16-3-4-17-11(15)9-5-8(12)6-14-10(9)13/h5-7H,3-4H2,1-2H3. The zero-order valence-electron chi connectivity index (χ0n) is 9.57. The van der Waals surface area contributed by atoms with Gasteiger partial charge in [0.1, 0.15) is 11.8 Å². The molecular formula is C11H13BrClNO3. The maximum absolute atomic E-state index is 11.6. The summed E-state index contributed by atoms with van der Waals surface area (Å²) in [6.45, 7) is 4.39. The van der Waals surface area contributed by atoms with E-state index in [0.29, 0.717) is 11.1 Å². The Morgan fingerprint density at radius 2 is 2.24 bits per heavy atom. The van der Waals surface area contributed by atoms with Crippen LogP contribution in [0.3, 0.4) is 0 Å². The van der Waals surface area contributed by atoms with Gasteiger partial charge in [-0.15, -0.1) is 0 Å². The lowest BCUT2D eigenvalue weighted by atomic mass is 10.3. The van der Waals surface area contributed by atoms with Crippen molar-refractivity contribution < 1.29 is 14.3 Å². The molecule has 0 aliphatic heterocycles. The minimum atomic E-state index is -0.504. The van der Waals surface area contributed by atoms with Gasteiger partial charge in [-0.1, -0.05) is 11.6 Å². The fraction of sp³-hybridized carbons (Fsp3) is 0.455. The van der Waals surface area contributed by atoms with E-state index in [2.05, 4.69) is 20.9 Å². The van der Waals surface area contributed by atoms with Crippen molar-refractivity contribution in [3.05, 3.63) is 27.5 Å². The van der Waals surface area contributed by atoms with Crippen molar-refractivity contribution in [2.75, 3.05) is 13.2 Å². The van der Waals surface area contributed by atoms with Crippen LogP contribution in [0.1, 0.15) is 24.2 Å². The van der Waals surface area contributed by atoms with E-state index in [0.717, 1.165) is 0 Å². The van der Waals surface area contributed by atoms with Crippen LogP contribution in [0.2, 0.25) is 5.15 Å². The molecule has 0 fully saturated rings. The summed E-state index contributed by atoms with van der Waals surface area (Å²) < 4.78 is 10.9. The molecule has 0 aliphatic carbocycles. The molecule has 0 amide bonds. The number of halogens is 2. The molecule has 0 N–H and O–H groups in total. The topological polar surface area (TPSA) is 48.4 Å². The third-order valence-corrected chi connectivity index (χ3v) is 2.53. The molecule has 0 atom stereocenters. The van der Waals surface area contributed by atoms with Gasteiger partial charge in [-0.3, -0.25) is 0 Å². The van der Waals surface area contributed by atoms with E-state index >= 15 is 0 Å². The van der Waals surface area contributed by atoms with Crippen LogP contribution in [-0.4, -0.2) is 30.3 Å². The maximum atomic E-state index is 11.6. The van der Waals surface area contributed by atoms with Crippen molar-refractivity contribution in [1.82, 2.24) is 4.98 Å². The highest BCUT2D eigenvalue weighted by Gasteiger charge is 2.13. The average Bonchev–Trinajstić information content (AvgIpc) is 2.27. The fourth-order valence-electron chi connectivity index (χ4n) is 1.06. The van der Waals surface area contributed by atoms with Crippen molar-refractivity contribution in [2.24, 2.45) is 0 Å². The number of aromatic nitrogens is 1. The molecule has 0 radical (unpaired) electrons. The Morgan fingerprint density at radius 3 is 2.88 bits per heavy atom. The number of ether oxygens (including phenoxy) is 2. The summed E-state index contributed by atoms with van der Waals surface area (Å²) in [5.74, 6) is -0.504. The summed E-state index contributed by atoms with van der Waals surface area (Å²) in [5.41, 5.74) is 0.241. The second-order valence-corrected chi connectivity index (χ2v) is 4.82. The number of hydrogen-bond donors (Lipinski definition) is 0. The highest BCUT2D eigenvalue weighted by Crippen LogP contribution is 2.18. The molecule has 0 saturated carbocycles. The molecular weight excluding hydrogens is 309 g/mol. The van der Waals surface area contributed by atoms with Crippen LogP contribution in [0.25, 0.3) is 0 Å². The first-order valence-corrected chi connectivity index (χ1v) is 6.27. The highest BCUT2D eigenvalue weighted by atomic mass is 79.9. The van der Waals surface area contributed by atoms with Crippen LogP contribution in [0, 0.1) is 0 Å². The largest absolute Gasteiger partial charge is 0.460 e. The Hall–Kier alpha value is -0.650. The Balaban J connectivity index is 2.49. The smallest absolute Gasteiger partial charge is 0.341 e. The predicted octanol–water partition coefficient (Wildman–Crippen LogP) is 3.08. The van der Waals surface area contributed by atoms with Crippen LogP contribution in [0.15, 0.2) is 16.7 Å². The summed E-state index contributed by atoms with van der Waals surface area (Å²) in [4.78, 5) is 15.5. The molecule has 0 aliphatic rings. The van der Waals surface area contributed by atoms with E-state index in [4.69, 9.17) is 21.1 Å². The van der Waals surface area contributed by atoms with E-state index in [1.807, 2.05) is 13.8 Å². The SMILES string of the molecule is CC(C)OCCOC(=O)c1cc(Br)cnc1Cl. The first-order chi connectivity index (χ1) is 8.00. The molecule has 1 aromatic heterocycles. The average molecular weight is 323 g/mol. The number of hydrogen-bond acceptors (Lipinski definition) is 4. The van der Waals surface area contributed by atoms with Gasteiger partial charge in [-0.2, -0.15) is 0 Å². The van der Waals surface area contributed by atoms with Crippen LogP contribution < -0.4 is 0 Å². The van der Waals surface area contributed by atoms with Crippen molar-refractivity contribution >= 4 is 33.5 Å². The Labute approximate surface area is 113 Å². The number of esters is 1. The zero-order chi connectivity index (χ0) is 12.8. The summed E-state index contributed by atoms with van der Waals surface area (Å²) in [6.07, 6.45) is 1.63. The summed E-state index contributed by atoms with van der Waals surface area (Å²) >= 11 is 9.00. The van der Waals surface area contributed by atoms with Gasteiger partial charge in [0.25, 0.3) is 0 Å². The monoisotopic (exact) mass is 321 g/mol. The highest BCUT2D eigenvalue weighted by molar-refractivity contribution is 9.10. The first-order valence-electron chi connectivity index (χ1n) is 5.10. The third-order valence-electron chi connectivity index (χ3n) is 1.79. The quantitative estimate of drug-likeness (QED) is 0.475. The van der Waals surface area contributed by atoms with Crippen molar-refractivity contribution in [3.63, 3.8) is 0 Å². The number of nitrogens with zero attached hydrogens (tertiary/aromatic N) is 1.